The van der Waals surface area contributed by atoms with Crippen molar-refractivity contribution in [3.05, 3.63) is 83.4 Å². The van der Waals surface area contributed by atoms with Gasteiger partial charge in [-0.15, -0.1) is 17.9 Å². The van der Waals surface area contributed by atoms with E-state index in [0.29, 0.717) is 5.13 Å². The summed E-state index contributed by atoms with van der Waals surface area (Å²) in [7, 11) is -4.30. The molecule has 32 heavy (non-hydrogen) atoms. The van der Waals surface area contributed by atoms with Gasteiger partial charge in [-0.3, -0.25) is 14.4 Å². The maximum Gasteiger partial charge on any atom is 0.416 e. The number of alkyl halides is 3. The maximum absolute atomic E-state index is 13.3. The molecule has 0 aliphatic rings. The Hall–Kier alpha value is -3.18. The molecule has 168 valence electrons. The Labute approximate surface area is 187 Å². The molecule has 11 heteroatoms. The number of carbonyl (C=O) groups is 1. The van der Waals surface area contributed by atoms with Crippen molar-refractivity contribution < 1.29 is 26.4 Å². The number of thiazole rings is 1. The third kappa shape index (κ3) is 5.17. The van der Waals surface area contributed by atoms with Crippen LogP contribution < -0.4 is 9.62 Å². The fraction of sp³-hybridized carbons (Fsp3) is 0.143. The molecule has 0 aliphatic carbocycles. The van der Waals surface area contributed by atoms with Gasteiger partial charge in [-0.1, -0.05) is 18.2 Å². The van der Waals surface area contributed by atoms with Gasteiger partial charge in [0.25, 0.3) is 15.9 Å². The molecule has 0 unspecified atom stereocenters. The van der Waals surface area contributed by atoms with Crippen molar-refractivity contribution in [2.75, 3.05) is 16.2 Å². The van der Waals surface area contributed by atoms with Gasteiger partial charge in [0.05, 0.1) is 22.7 Å². The number of benzene rings is 2. The summed E-state index contributed by atoms with van der Waals surface area (Å²) < 4.78 is 66.7. The lowest BCUT2D eigenvalue weighted by Gasteiger charge is -2.24. The van der Waals surface area contributed by atoms with Crippen LogP contribution in [0.2, 0.25) is 0 Å². The van der Waals surface area contributed by atoms with Crippen LogP contribution in [-0.2, 0) is 16.2 Å². The van der Waals surface area contributed by atoms with Gasteiger partial charge in [0.15, 0.2) is 5.13 Å². The first-order chi connectivity index (χ1) is 15.0. The van der Waals surface area contributed by atoms with Crippen LogP contribution in [0.5, 0.6) is 0 Å². The molecule has 1 aromatic heterocycles. The number of aryl methyl sites for hydroxylation is 1. The second kappa shape index (κ2) is 9.13. The van der Waals surface area contributed by atoms with Crippen molar-refractivity contribution in [1.82, 2.24) is 4.98 Å². The van der Waals surface area contributed by atoms with Gasteiger partial charge in [-0.05, 0) is 43.3 Å². The van der Waals surface area contributed by atoms with Gasteiger partial charge < -0.3 is 0 Å². The van der Waals surface area contributed by atoms with Crippen LogP contribution >= 0.6 is 11.3 Å². The van der Waals surface area contributed by atoms with Crippen LogP contribution in [0, 0.1) is 6.92 Å². The molecule has 0 aliphatic heterocycles. The molecule has 1 amide bonds. The van der Waals surface area contributed by atoms with E-state index < -0.39 is 27.7 Å². The first kappa shape index (κ1) is 23.5. The Morgan fingerprint density at radius 1 is 1.22 bits per heavy atom. The molecule has 0 saturated heterocycles. The summed E-state index contributed by atoms with van der Waals surface area (Å²) in [6.07, 6.45) is -1.78. The number of rotatable bonds is 7. The third-order valence-electron chi connectivity index (χ3n) is 4.28. The summed E-state index contributed by atoms with van der Waals surface area (Å²) in [5.74, 6) is -0.564. The van der Waals surface area contributed by atoms with Gasteiger partial charge >= 0.3 is 6.18 Å². The van der Waals surface area contributed by atoms with Gasteiger partial charge in [0, 0.05) is 16.6 Å². The number of halogens is 3. The number of amides is 1. The minimum absolute atomic E-state index is 0.0570. The highest BCUT2D eigenvalue weighted by Crippen LogP contribution is 2.33. The van der Waals surface area contributed by atoms with Crippen LogP contribution in [0.25, 0.3) is 0 Å². The lowest BCUT2D eigenvalue weighted by Crippen LogP contribution is -2.31. The number of nitrogens with zero attached hydrogens (tertiary/aromatic N) is 2. The summed E-state index contributed by atoms with van der Waals surface area (Å²) in [5, 5.41) is 2.95. The molecule has 0 radical (unpaired) electrons. The molecular weight excluding hydrogens is 463 g/mol. The van der Waals surface area contributed by atoms with Crippen LogP contribution in [0.1, 0.15) is 20.8 Å². The van der Waals surface area contributed by atoms with Crippen molar-refractivity contribution in [2.45, 2.75) is 18.0 Å². The van der Waals surface area contributed by atoms with E-state index in [1.165, 1.54) is 41.7 Å². The number of sulfonamides is 1. The Kier molecular flexibility index (Phi) is 6.70. The Morgan fingerprint density at radius 2 is 1.94 bits per heavy atom. The van der Waals surface area contributed by atoms with E-state index in [9.17, 15) is 26.4 Å². The van der Waals surface area contributed by atoms with E-state index in [1.807, 2.05) is 6.92 Å². The van der Waals surface area contributed by atoms with Crippen LogP contribution in [-0.4, -0.2) is 25.9 Å². The highest BCUT2D eigenvalue weighted by Gasteiger charge is 2.32. The van der Waals surface area contributed by atoms with E-state index in [-0.39, 0.29) is 22.7 Å². The molecule has 2 aromatic carbocycles. The fourth-order valence-corrected chi connectivity index (χ4v) is 4.94. The Morgan fingerprint density at radius 3 is 2.56 bits per heavy atom. The molecule has 1 N–H and O–H groups in total. The topological polar surface area (TPSA) is 79.4 Å². The van der Waals surface area contributed by atoms with E-state index in [4.69, 9.17) is 0 Å². The number of hydrogen-bond donors (Lipinski definition) is 1. The van der Waals surface area contributed by atoms with Crippen molar-refractivity contribution >= 4 is 38.1 Å². The number of nitrogens with one attached hydrogen (secondary N) is 1. The number of anilines is 2. The molecule has 0 spiro atoms. The summed E-state index contributed by atoms with van der Waals surface area (Å²) in [6, 6.07) is 9.24. The molecule has 3 aromatic rings. The number of aromatic nitrogens is 1. The molecule has 6 nitrogen and oxygen atoms in total. The second-order valence-electron chi connectivity index (χ2n) is 6.63. The predicted octanol–water partition coefficient (Wildman–Crippen LogP) is 5.10. The summed E-state index contributed by atoms with van der Waals surface area (Å²) in [4.78, 5) is 17.2. The highest BCUT2D eigenvalue weighted by molar-refractivity contribution is 7.92. The molecule has 3 rings (SSSR count). The van der Waals surface area contributed by atoms with Crippen molar-refractivity contribution in [3.8, 4) is 0 Å². The van der Waals surface area contributed by atoms with Gasteiger partial charge in [0.1, 0.15) is 0 Å². The maximum atomic E-state index is 13.3. The molecule has 0 fully saturated rings. The zero-order valence-electron chi connectivity index (χ0n) is 16.8. The first-order valence-corrected chi connectivity index (χ1v) is 11.4. The summed E-state index contributed by atoms with van der Waals surface area (Å²) in [6.45, 7) is 5.06. The van der Waals surface area contributed by atoms with E-state index >= 15 is 0 Å². The molecule has 0 saturated carbocycles. The Bertz CT molecular complexity index is 1250. The molecule has 1 heterocycles. The van der Waals surface area contributed by atoms with Gasteiger partial charge in [0.2, 0.25) is 0 Å². The van der Waals surface area contributed by atoms with Crippen molar-refractivity contribution in [3.63, 3.8) is 0 Å². The average Bonchev–Trinajstić information content (AvgIpc) is 3.16. The smallest absolute Gasteiger partial charge is 0.298 e. The standard InChI is InChI=1S/C21H18F3N3O3S2/c1-3-10-27(17-8-5-7-16(12-17)21(22,23)24)32(29,30)18-9-4-6-15(11-18)19(28)26-20-25-13-14(2)31-20/h3-9,11-13H,1,10H2,2H3,(H,25,26,28). The molecule has 0 atom stereocenters. The highest BCUT2D eigenvalue weighted by atomic mass is 32.2. The van der Waals surface area contributed by atoms with E-state index in [2.05, 4.69) is 16.9 Å². The third-order valence-corrected chi connectivity index (χ3v) is 6.90. The van der Waals surface area contributed by atoms with Crippen molar-refractivity contribution in [2.24, 2.45) is 0 Å². The minimum Gasteiger partial charge on any atom is -0.298 e. The fourth-order valence-electron chi connectivity index (χ4n) is 2.80. The predicted molar refractivity (Wildman–Crippen MR) is 117 cm³/mol. The SMILES string of the molecule is C=CCN(c1cccc(C(F)(F)F)c1)S(=O)(=O)c1cccc(C(=O)Nc2ncc(C)s2)c1. The second-order valence-corrected chi connectivity index (χ2v) is 9.73. The number of hydrogen-bond acceptors (Lipinski definition) is 5. The largest absolute Gasteiger partial charge is 0.416 e. The van der Waals surface area contributed by atoms with Crippen LogP contribution in [0.15, 0.2) is 72.3 Å². The van der Waals surface area contributed by atoms with Gasteiger partial charge in [-0.2, -0.15) is 13.2 Å². The summed E-state index contributed by atoms with van der Waals surface area (Å²) in [5.41, 5.74) is -1.10. The van der Waals surface area contributed by atoms with E-state index in [0.717, 1.165) is 33.4 Å². The minimum atomic E-state index is -4.63. The van der Waals surface area contributed by atoms with Crippen molar-refractivity contribution in [1.29, 1.82) is 0 Å². The quantitative estimate of drug-likeness (QED) is 0.476. The normalized spacial score (nSPS) is 11.8. The lowest BCUT2D eigenvalue weighted by atomic mass is 10.2. The summed E-state index contributed by atoms with van der Waals surface area (Å²) >= 11 is 1.26. The molecular formula is C21H18F3N3O3S2. The lowest BCUT2D eigenvalue weighted by molar-refractivity contribution is -0.137. The van der Waals surface area contributed by atoms with E-state index in [1.54, 1.807) is 6.20 Å². The first-order valence-electron chi connectivity index (χ1n) is 9.17. The van der Waals surface area contributed by atoms with Crippen LogP contribution in [0.4, 0.5) is 24.0 Å². The Balaban J connectivity index is 1.97. The van der Waals surface area contributed by atoms with Gasteiger partial charge in [-0.25, -0.2) is 13.4 Å². The number of carbonyl (C=O) groups excluding carboxylic acids is 1. The zero-order chi connectivity index (χ0) is 23.5. The van der Waals surface area contributed by atoms with Crippen LogP contribution in [0.3, 0.4) is 0 Å². The average molecular weight is 482 g/mol. The monoisotopic (exact) mass is 481 g/mol. The molecule has 0 bridgehead atoms. The zero-order valence-corrected chi connectivity index (χ0v) is 18.4.